The van der Waals surface area contributed by atoms with Gasteiger partial charge in [-0.2, -0.15) is 24.1 Å². The average Bonchev–Trinajstić information content (AvgIpc) is 3.01. The SMILES string of the molecule is Cc1c(C(=O)c2cnn(C)c2CCCS(=O)(=O)O)ccc2c1C(C)(C)CS2(O)O. The lowest BCUT2D eigenvalue weighted by Crippen LogP contribution is -2.20. The van der Waals surface area contributed by atoms with Crippen LogP contribution in [0.5, 0.6) is 0 Å². The number of hydrogen-bond donors (Lipinski definition) is 3. The van der Waals surface area contributed by atoms with E-state index < -0.39 is 31.9 Å². The smallest absolute Gasteiger partial charge is 0.264 e. The van der Waals surface area contributed by atoms with Crippen LogP contribution in [0.15, 0.2) is 23.2 Å². The van der Waals surface area contributed by atoms with Gasteiger partial charge >= 0.3 is 0 Å². The van der Waals surface area contributed by atoms with Gasteiger partial charge in [-0.05, 0) is 43.0 Å². The Bertz CT molecular complexity index is 1090. The van der Waals surface area contributed by atoms with Crippen molar-refractivity contribution in [3.63, 3.8) is 0 Å². The average molecular weight is 443 g/mol. The molecule has 1 aliphatic heterocycles. The first kappa shape index (κ1) is 22.0. The van der Waals surface area contributed by atoms with E-state index in [4.69, 9.17) is 4.55 Å². The van der Waals surface area contributed by atoms with E-state index in [0.29, 0.717) is 27.3 Å². The Balaban J connectivity index is 1.99. The summed E-state index contributed by atoms with van der Waals surface area (Å²) in [6.07, 6.45) is 1.89. The molecule has 0 radical (unpaired) electrons. The first-order valence-electron chi connectivity index (χ1n) is 9.15. The fourth-order valence-corrected chi connectivity index (χ4v) is 7.07. The van der Waals surface area contributed by atoms with Crippen LogP contribution in [0.25, 0.3) is 0 Å². The molecule has 2 heterocycles. The number of rotatable bonds is 6. The van der Waals surface area contributed by atoms with Gasteiger partial charge in [-0.25, -0.2) is 0 Å². The van der Waals surface area contributed by atoms with Gasteiger partial charge in [0.05, 0.1) is 28.2 Å². The van der Waals surface area contributed by atoms with Crippen molar-refractivity contribution in [3.05, 3.63) is 46.3 Å². The van der Waals surface area contributed by atoms with Crippen molar-refractivity contribution < 1.29 is 26.9 Å². The van der Waals surface area contributed by atoms with Gasteiger partial charge in [0.15, 0.2) is 5.78 Å². The lowest BCUT2D eigenvalue weighted by atomic mass is 9.81. The van der Waals surface area contributed by atoms with Crippen molar-refractivity contribution in [1.29, 1.82) is 0 Å². The Morgan fingerprint density at radius 2 is 1.93 bits per heavy atom. The maximum absolute atomic E-state index is 13.3. The predicted molar refractivity (Wildman–Crippen MR) is 112 cm³/mol. The molecule has 3 N–H and O–H groups in total. The van der Waals surface area contributed by atoms with Gasteiger partial charge in [-0.3, -0.25) is 23.1 Å². The number of benzene rings is 1. The van der Waals surface area contributed by atoms with Gasteiger partial charge in [0.2, 0.25) is 0 Å². The third kappa shape index (κ3) is 4.13. The molecule has 10 heteroatoms. The number of carbonyl (C=O) groups excluding carboxylic acids is 1. The largest absolute Gasteiger partial charge is 0.295 e. The van der Waals surface area contributed by atoms with Crippen molar-refractivity contribution in [2.45, 2.75) is 43.9 Å². The summed E-state index contributed by atoms with van der Waals surface area (Å²) in [7, 11) is -5.28. The molecule has 0 spiro atoms. The predicted octanol–water partition coefficient (Wildman–Crippen LogP) is 3.18. The van der Waals surface area contributed by atoms with Crippen molar-refractivity contribution in [1.82, 2.24) is 9.78 Å². The fourth-order valence-electron chi connectivity index (χ4n) is 4.22. The highest BCUT2D eigenvalue weighted by Crippen LogP contribution is 2.62. The summed E-state index contributed by atoms with van der Waals surface area (Å²) in [5.74, 6) is -0.420. The van der Waals surface area contributed by atoms with Crippen molar-refractivity contribution in [2.75, 3.05) is 11.5 Å². The third-order valence-electron chi connectivity index (χ3n) is 5.38. The minimum absolute atomic E-state index is 0.162. The second-order valence-corrected chi connectivity index (χ2v) is 11.8. The number of nitrogens with zero attached hydrogens (tertiary/aromatic N) is 2. The summed E-state index contributed by atoms with van der Waals surface area (Å²) in [5.41, 5.74) is 2.44. The molecule has 1 aromatic heterocycles. The van der Waals surface area contributed by atoms with E-state index in [2.05, 4.69) is 5.10 Å². The maximum Gasteiger partial charge on any atom is 0.264 e. The van der Waals surface area contributed by atoms with E-state index in [0.717, 1.165) is 5.56 Å². The van der Waals surface area contributed by atoms with Gasteiger partial charge < -0.3 is 0 Å². The van der Waals surface area contributed by atoms with E-state index in [1.807, 2.05) is 20.8 Å². The molecule has 0 saturated carbocycles. The highest BCUT2D eigenvalue weighted by Gasteiger charge is 2.42. The Kier molecular flexibility index (Phi) is 5.46. The molecule has 0 amide bonds. The number of hydrogen-bond acceptors (Lipinski definition) is 6. The van der Waals surface area contributed by atoms with Crippen LogP contribution in [0.1, 0.15) is 53.0 Å². The molecule has 0 unspecified atom stereocenters. The number of aromatic nitrogens is 2. The van der Waals surface area contributed by atoms with E-state index in [9.17, 15) is 22.3 Å². The zero-order valence-corrected chi connectivity index (χ0v) is 18.5. The van der Waals surface area contributed by atoms with E-state index in [-0.39, 0.29) is 24.4 Å². The van der Waals surface area contributed by atoms with Gasteiger partial charge in [0.1, 0.15) is 0 Å². The lowest BCUT2D eigenvalue weighted by molar-refractivity contribution is 0.103. The Morgan fingerprint density at radius 3 is 2.55 bits per heavy atom. The number of aryl methyl sites for hydroxylation is 1. The first-order chi connectivity index (χ1) is 13.2. The van der Waals surface area contributed by atoms with Crippen LogP contribution in [0, 0.1) is 6.92 Å². The quantitative estimate of drug-likeness (QED) is 0.463. The number of carbonyl (C=O) groups is 1. The summed E-state index contributed by atoms with van der Waals surface area (Å²) >= 11 is 0. The summed E-state index contributed by atoms with van der Waals surface area (Å²) in [6, 6.07) is 3.23. The summed E-state index contributed by atoms with van der Waals surface area (Å²) in [4.78, 5) is 13.8. The molecule has 0 atom stereocenters. The molecule has 3 rings (SSSR count). The second kappa shape index (κ2) is 7.21. The van der Waals surface area contributed by atoms with E-state index >= 15 is 0 Å². The van der Waals surface area contributed by atoms with Crippen LogP contribution >= 0.6 is 10.6 Å². The Morgan fingerprint density at radius 1 is 1.28 bits per heavy atom. The van der Waals surface area contributed by atoms with Gasteiger partial charge in [-0.15, -0.1) is 0 Å². The zero-order chi connectivity index (χ0) is 21.8. The van der Waals surface area contributed by atoms with Gasteiger partial charge in [-0.1, -0.05) is 13.8 Å². The molecule has 0 saturated heterocycles. The first-order valence-corrected chi connectivity index (χ1v) is 12.5. The highest BCUT2D eigenvalue weighted by atomic mass is 32.3. The van der Waals surface area contributed by atoms with E-state index in [1.54, 1.807) is 19.2 Å². The third-order valence-corrected chi connectivity index (χ3v) is 8.36. The van der Waals surface area contributed by atoms with Gasteiger partial charge in [0.25, 0.3) is 10.1 Å². The normalized spacial score (nSPS) is 18.4. The molecule has 8 nitrogen and oxygen atoms in total. The minimum Gasteiger partial charge on any atom is -0.295 e. The molecular formula is C19H26N2O6S2. The topological polar surface area (TPSA) is 130 Å². The summed E-state index contributed by atoms with van der Waals surface area (Å²) in [6.45, 7) is 5.67. The van der Waals surface area contributed by atoms with Crippen LogP contribution < -0.4 is 0 Å². The lowest BCUT2D eigenvalue weighted by Gasteiger charge is -2.29. The van der Waals surface area contributed by atoms with Crippen LogP contribution in [0.2, 0.25) is 0 Å². The number of ketones is 1. The molecule has 1 aromatic carbocycles. The second-order valence-electron chi connectivity index (χ2n) is 8.15. The van der Waals surface area contributed by atoms with Crippen molar-refractivity contribution in [3.8, 4) is 0 Å². The zero-order valence-electron chi connectivity index (χ0n) is 16.8. The number of fused-ring (bicyclic) bond motifs is 1. The Labute approximate surface area is 172 Å². The van der Waals surface area contributed by atoms with Crippen molar-refractivity contribution >= 4 is 26.5 Å². The summed E-state index contributed by atoms with van der Waals surface area (Å²) in [5, 5.41) is 4.14. The Hall–Kier alpha value is -1.72. The van der Waals surface area contributed by atoms with Crippen LogP contribution in [0.4, 0.5) is 0 Å². The minimum atomic E-state index is -4.07. The standard InChI is InChI=1S/C19H26N2O6S2/c1-12-13(7-8-16-17(12)19(2,3)11-28(16,23)24)18(22)14-10-20-21(4)15(14)6-5-9-29(25,26)27/h7-8,10,23-24H,5-6,9,11H2,1-4H3,(H,25,26,27). The molecule has 1 aliphatic rings. The summed E-state index contributed by atoms with van der Waals surface area (Å²) < 4.78 is 53.3. The van der Waals surface area contributed by atoms with Crippen LogP contribution in [-0.2, 0) is 29.0 Å². The molecule has 2 aromatic rings. The molecule has 0 bridgehead atoms. The van der Waals surface area contributed by atoms with Crippen LogP contribution in [-0.4, -0.2) is 49.1 Å². The molecule has 29 heavy (non-hydrogen) atoms. The molecular weight excluding hydrogens is 416 g/mol. The maximum atomic E-state index is 13.3. The van der Waals surface area contributed by atoms with Gasteiger partial charge in [0, 0.05) is 23.7 Å². The highest BCUT2D eigenvalue weighted by molar-refractivity contribution is 8.24. The molecule has 0 aliphatic carbocycles. The van der Waals surface area contributed by atoms with Crippen molar-refractivity contribution in [2.24, 2.45) is 7.05 Å². The van der Waals surface area contributed by atoms with Crippen LogP contribution in [0.3, 0.4) is 0 Å². The van der Waals surface area contributed by atoms with E-state index in [1.165, 1.54) is 10.9 Å². The monoisotopic (exact) mass is 442 g/mol. The fraction of sp³-hybridized carbons (Fsp3) is 0.474. The molecule has 0 fully saturated rings. The molecule has 160 valence electrons.